The molecule has 1 nitrogen and oxygen atoms in total. The summed E-state index contributed by atoms with van der Waals surface area (Å²) < 4.78 is 6.00. The van der Waals surface area contributed by atoms with Gasteiger partial charge in [-0.05, 0) is 35.6 Å². The molecule has 0 atom stereocenters. The molecule has 0 aromatic heterocycles. The van der Waals surface area contributed by atoms with E-state index in [0.29, 0.717) is 0 Å². The van der Waals surface area contributed by atoms with Crippen LogP contribution >= 0.6 is 0 Å². The molecule has 18 heavy (non-hydrogen) atoms. The van der Waals surface area contributed by atoms with Crippen molar-refractivity contribution in [2.24, 2.45) is 0 Å². The third kappa shape index (κ3) is 1.16. The van der Waals surface area contributed by atoms with Gasteiger partial charge in [0.25, 0.3) is 0 Å². The van der Waals surface area contributed by atoms with Crippen molar-refractivity contribution in [3.63, 3.8) is 0 Å². The van der Waals surface area contributed by atoms with Crippen LogP contribution in [0.5, 0.6) is 11.5 Å². The topological polar surface area (TPSA) is 9.23 Å². The second kappa shape index (κ2) is 3.36. The van der Waals surface area contributed by atoms with E-state index in [0.717, 1.165) is 11.5 Å². The Bertz CT molecular complexity index is 772. The first kappa shape index (κ1) is 9.72. The molecule has 0 fully saturated rings. The molecule has 0 radical (unpaired) electrons. The van der Waals surface area contributed by atoms with E-state index in [1.165, 1.54) is 27.5 Å². The van der Waals surface area contributed by atoms with Gasteiger partial charge in [-0.2, -0.15) is 0 Å². The molecule has 1 aliphatic heterocycles. The Morgan fingerprint density at radius 1 is 0.778 bits per heavy atom. The van der Waals surface area contributed by atoms with E-state index >= 15 is 0 Å². The Hall–Kier alpha value is -2.28. The first-order valence-electron chi connectivity index (χ1n) is 6.14. The molecule has 3 aromatic carbocycles. The zero-order chi connectivity index (χ0) is 12.1. The molecule has 3 aromatic rings. The van der Waals surface area contributed by atoms with Gasteiger partial charge in [0.1, 0.15) is 11.5 Å². The predicted molar refractivity (Wildman–Crippen MR) is 74.2 cm³/mol. The molecule has 4 rings (SSSR count). The van der Waals surface area contributed by atoms with Gasteiger partial charge in [0.2, 0.25) is 0 Å². The van der Waals surface area contributed by atoms with Crippen LogP contribution in [-0.2, 0) is 0 Å². The highest BCUT2D eigenvalue weighted by molar-refractivity contribution is 6.05. The Labute approximate surface area is 106 Å². The maximum Gasteiger partial charge on any atom is 0.135 e. The van der Waals surface area contributed by atoms with Crippen LogP contribution in [0.3, 0.4) is 0 Å². The number of benzene rings is 3. The van der Waals surface area contributed by atoms with Crippen LogP contribution in [0, 0.1) is 6.92 Å². The van der Waals surface area contributed by atoms with Gasteiger partial charge in [-0.1, -0.05) is 42.5 Å². The fourth-order valence-electron chi connectivity index (χ4n) is 2.76. The maximum atomic E-state index is 6.00. The van der Waals surface area contributed by atoms with E-state index < -0.39 is 0 Å². The molecule has 1 aliphatic rings. The Morgan fingerprint density at radius 2 is 1.61 bits per heavy atom. The first-order chi connectivity index (χ1) is 8.84. The summed E-state index contributed by atoms with van der Waals surface area (Å²) in [6.45, 7) is 2.16. The average molecular weight is 232 g/mol. The number of aryl methyl sites for hydroxylation is 1. The lowest BCUT2D eigenvalue weighted by Crippen LogP contribution is -1.98. The Balaban J connectivity index is 2.25. The van der Waals surface area contributed by atoms with Crippen molar-refractivity contribution in [3.05, 3.63) is 60.2 Å². The summed E-state index contributed by atoms with van der Waals surface area (Å²) in [5.41, 5.74) is 3.80. The minimum atomic E-state index is 0.951. The number of para-hydroxylation sites is 1. The Kier molecular flexibility index (Phi) is 1.81. The molecular formula is C17H12O. The first-order valence-corrected chi connectivity index (χ1v) is 6.14. The molecule has 86 valence electrons. The van der Waals surface area contributed by atoms with Gasteiger partial charge >= 0.3 is 0 Å². The minimum Gasteiger partial charge on any atom is -0.456 e. The summed E-state index contributed by atoms with van der Waals surface area (Å²) in [4.78, 5) is 0. The number of ether oxygens (including phenoxy) is 1. The average Bonchev–Trinajstić information content (AvgIpc) is 2.41. The van der Waals surface area contributed by atoms with Crippen LogP contribution in [0.25, 0.3) is 21.9 Å². The summed E-state index contributed by atoms with van der Waals surface area (Å²) in [5.74, 6) is 1.91. The van der Waals surface area contributed by atoms with Gasteiger partial charge in [0.05, 0.1) is 0 Å². The summed E-state index contributed by atoms with van der Waals surface area (Å²) in [7, 11) is 0. The normalized spacial score (nSPS) is 12.1. The summed E-state index contributed by atoms with van der Waals surface area (Å²) in [5, 5.41) is 2.47. The lowest BCUT2D eigenvalue weighted by Gasteiger charge is -2.22. The van der Waals surface area contributed by atoms with Gasteiger partial charge in [-0.15, -0.1) is 0 Å². The second-order valence-electron chi connectivity index (χ2n) is 4.71. The zero-order valence-electron chi connectivity index (χ0n) is 10.1. The third-order valence-corrected chi connectivity index (χ3v) is 3.59. The molecule has 0 unspecified atom stereocenters. The van der Waals surface area contributed by atoms with Gasteiger partial charge in [0, 0.05) is 10.9 Å². The quantitative estimate of drug-likeness (QED) is 0.418. The van der Waals surface area contributed by atoms with E-state index in [9.17, 15) is 0 Å². The molecular weight excluding hydrogens is 220 g/mol. The zero-order valence-corrected chi connectivity index (χ0v) is 10.1. The lowest BCUT2D eigenvalue weighted by molar-refractivity contribution is 0.487. The molecule has 1 heteroatoms. The van der Waals surface area contributed by atoms with E-state index in [-0.39, 0.29) is 0 Å². The minimum absolute atomic E-state index is 0.951. The van der Waals surface area contributed by atoms with Crippen molar-refractivity contribution in [2.45, 2.75) is 6.92 Å². The summed E-state index contributed by atoms with van der Waals surface area (Å²) in [6.07, 6.45) is 0. The predicted octanol–water partition coefficient (Wildman–Crippen LogP) is 4.92. The van der Waals surface area contributed by atoms with Crippen LogP contribution in [0.15, 0.2) is 54.6 Å². The van der Waals surface area contributed by atoms with Crippen LogP contribution in [0.2, 0.25) is 0 Å². The van der Waals surface area contributed by atoms with Crippen molar-refractivity contribution in [3.8, 4) is 22.6 Å². The lowest BCUT2D eigenvalue weighted by atomic mass is 9.91. The van der Waals surface area contributed by atoms with E-state index in [1.807, 2.05) is 24.3 Å². The van der Waals surface area contributed by atoms with Gasteiger partial charge in [-0.3, -0.25) is 0 Å². The van der Waals surface area contributed by atoms with Gasteiger partial charge in [0.15, 0.2) is 0 Å². The van der Waals surface area contributed by atoms with E-state index in [1.54, 1.807) is 0 Å². The maximum absolute atomic E-state index is 6.00. The molecule has 0 aliphatic carbocycles. The monoisotopic (exact) mass is 232 g/mol. The van der Waals surface area contributed by atoms with Crippen molar-refractivity contribution in [1.82, 2.24) is 0 Å². The van der Waals surface area contributed by atoms with Crippen molar-refractivity contribution in [2.75, 3.05) is 0 Å². The number of hydrogen-bond donors (Lipinski definition) is 0. The van der Waals surface area contributed by atoms with Crippen molar-refractivity contribution < 1.29 is 4.74 Å². The fraction of sp³-hybridized carbons (Fsp3) is 0.0588. The van der Waals surface area contributed by atoms with Crippen LogP contribution in [0.1, 0.15) is 5.56 Å². The highest BCUT2D eigenvalue weighted by atomic mass is 16.5. The molecule has 0 saturated carbocycles. The smallest absolute Gasteiger partial charge is 0.135 e. The molecule has 0 N–H and O–H groups in total. The summed E-state index contributed by atoms with van der Waals surface area (Å²) in [6, 6.07) is 18.8. The standard InChI is InChI=1S/C17H12O/c1-11-9-10-12-5-4-8-15-17(12)16(11)13-6-2-3-7-14(13)18-15/h2-10H,1H3. The molecule has 1 heterocycles. The molecule has 0 spiro atoms. The molecule has 0 bridgehead atoms. The molecule has 0 amide bonds. The highest BCUT2D eigenvalue weighted by Crippen LogP contribution is 2.47. The van der Waals surface area contributed by atoms with Crippen LogP contribution < -0.4 is 4.74 Å². The highest BCUT2D eigenvalue weighted by Gasteiger charge is 2.20. The number of fused-ring (bicyclic) bond motifs is 2. The van der Waals surface area contributed by atoms with Crippen LogP contribution in [-0.4, -0.2) is 0 Å². The fourth-order valence-corrected chi connectivity index (χ4v) is 2.76. The van der Waals surface area contributed by atoms with Crippen molar-refractivity contribution >= 4 is 10.8 Å². The number of hydrogen-bond acceptors (Lipinski definition) is 1. The van der Waals surface area contributed by atoms with E-state index in [2.05, 4.69) is 37.3 Å². The second-order valence-corrected chi connectivity index (χ2v) is 4.71. The van der Waals surface area contributed by atoms with Crippen LogP contribution in [0.4, 0.5) is 0 Å². The third-order valence-electron chi connectivity index (χ3n) is 3.59. The molecule has 0 saturated heterocycles. The SMILES string of the molecule is Cc1ccc2cccc3c2c1-c1ccccc1O3. The number of rotatable bonds is 0. The van der Waals surface area contributed by atoms with Gasteiger partial charge in [-0.25, -0.2) is 0 Å². The van der Waals surface area contributed by atoms with Crippen molar-refractivity contribution in [1.29, 1.82) is 0 Å². The van der Waals surface area contributed by atoms with Gasteiger partial charge < -0.3 is 4.74 Å². The summed E-state index contributed by atoms with van der Waals surface area (Å²) >= 11 is 0. The van der Waals surface area contributed by atoms with E-state index in [4.69, 9.17) is 4.74 Å². The largest absolute Gasteiger partial charge is 0.456 e. The Morgan fingerprint density at radius 3 is 2.56 bits per heavy atom.